The van der Waals surface area contributed by atoms with Crippen molar-refractivity contribution in [2.24, 2.45) is 4.99 Å². The standard InChI is InChI=1S/C21H29N5O4/c1-6-20(2,3)26-19(24-13-23)25-17-15-9-14(10-22)7-8-16(15)30-21(11-28-4,12-29-5)18(17)27/h7-9,17-18,27H,6,11-12H2,1-5H3,(H2,24,25,26)/t17-,18+/m1/s1. The minimum atomic E-state index is -1.21. The normalized spacial score (nSPS) is 20.3. The molecule has 0 aromatic heterocycles. The number of aliphatic imine (C=N–C) groups is 1. The summed E-state index contributed by atoms with van der Waals surface area (Å²) < 4.78 is 16.8. The summed E-state index contributed by atoms with van der Waals surface area (Å²) in [4.78, 5) is 4.64. The number of nitrogens with zero attached hydrogens (tertiary/aromatic N) is 3. The molecule has 0 fully saturated rings. The summed E-state index contributed by atoms with van der Waals surface area (Å²) in [5.41, 5.74) is -0.603. The maximum absolute atomic E-state index is 11.3. The molecule has 3 N–H and O–H groups in total. The summed E-state index contributed by atoms with van der Waals surface area (Å²) in [5, 5.41) is 35.6. The van der Waals surface area contributed by atoms with Gasteiger partial charge in [0.25, 0.3) is 0 Å². The van der Waals surface area contributed by atoms with Gasteiger partial charge in [0.15, 0.2) is 11.8 Å². The molecule has 1 heterocycles. The molecule has 1 aromatic rings. The highest BCUT2D eigenvalue weighted by atomic mass is 16.6. The molecule has 1 aliphatic heterocycles. The predicted octanol–water partition coefficient (Wildman–Crippen LogP) is 1.59. The molecule has 9 nitrogen and oxygen atoms in total. The van der Waals surface area contributed by atoms with Crippen molar-refractivity contribution in [3.8, 4) is 18.0 Å². The zero-order valence-electron chi connectivity index (χ0n) is 18.0. The molecule has 1 aromatic carbocycles. The van der Waals surface area contributed by atoms with Crippen molar-refractivity contribution >= 4 is 5.96 Å². The topological polar surface area (TPSA) is 132 Å². The van der Waals surface area contributed by atoms with Gasteiger partial charge in [0.1, 0.15) is 17.9 Å². The lowest BCUT2D eigenvalue weighted by Gasteiger charge is -2.44. The molecule has 9 heteroatoms. The number of hydrogen-bond donors (Lipinski definition) is 3. The fraction of sp³-hybridized carbons (Fsp3) is 0.571. The number of rotatable bonds is 7. The lowest BCUT2D eigenvalue weighted by molar-refractivity contribution is -0.144. The van der Waals surface area contributed by atoms with E-state index in [2.05, 4.69) is 21.7 Å². The first kappa shape index (κ1) is 23.4. The predicted molar refractivity (Wildman–Crippen MR) is 111 cm³/mol. The van der Waals surface area contributed by atoms with Gasteiger partial charge in [-0.3, -0.25) is 5.32 Å². The quantitative estimate of drug-likeness (QED) is 0.265. The summed E-state index contributed by atoms with van der Waals surface area (Å²) in [5.74, 6) is 0.681. The Labute approximate surface area is 177 Å². The molecule has 0 saturated carbocycles. The lowest BCUT2D eigenvalue weighted by Crippen LogP contribution is -2.59. The first-order valence-electron chi connectivity index (χ1n) is 9.66. The molecular weight excluding hydrogens is 386 g/mol. The van der Waals surface area contributed by atoms with Gasteiger partial charge in [-0.15, -0.1) is 0 Å². The maximum atomic E-state index is 11.3. The number of fused-ring (bicyclic) bond motifs is 1. The minimum absolute atomic E-state index is 0.0579. The van der Waals surface area contributed by atoms with Crippen molar-refractivity contribution in [3.63, 3.8) is 0 Å². The van der Waals surface area contributed by atoms with Crippen LogP contribution in [0.5, 0.6) is 5.75 Å². The number of aliphatic hydroxyl groups excluding tert-OH is 1. The third-order valence-electron chi connectivity index (χ3n) is 5.17. The molecule has 0 bridgehead atoms. The van der Waals surface area contributed by atoms with Gasteiger partial charge in [-0.2, -0.15) is 10.5 Å². The third-order valence-corrected chi connectivity index (χ3v) is 5.17. The van der Waals surface area contributed by atoms with Gasteiger partial charge in [-0.1, -0.05) is 6.92 Å². The Kier molecular flexibility index (Phi) is 7.63. The number of guanidine groups is 1. The maximum Gasteiger partial charge on any atom is 0.205 e. The molecular formula is C21H29N5O4. The van der Waals surface area contributed by atoms with E-state index < -0.39 is 17.7 Å². The summed E-state index contributed by atoms with van der Waals surface area (Å²) in [7, 11) is 3.02. The minimum Gasteiger partial charge on any atom is -0.479 e. The highest BCUT2D eigenvalue weighted by Crippen LogP contribution is 2.43. The van der Waals surface area contributed by atoms with Crippen LogP contribution in [0.1, 0.15) is 44.4 Å². The fourth-order valence-electron chi connectivity index (χ4n) is 3.28. The van der Waals surface area contributed by atoms with Crippen molar-refractivity contribution in [3.05, 3.63) is 29.3 Å². The number of ether oxygens (including phenoxy) is 3. The monoisotopic (exact) mass is 415 g/mol. The Balaban J connectivity index is 2.63. The highest BCUT2D eigenvalue weighted by molar-refractivity contribution is 5.82. The van der Waals surface area contributed by atoms with Crippen LogP contribution in [0.2, 0.25) is 0 Å². The number of nitriles is 2. The van der Waals surface area contributed by atoms with Gasteiger partial charge in [0.05, 0.1) is 24.8 Å². The molecule has 0 spiro atoms. The van der Waals surface area contributed by atoms with Crippen LogP contribution < -0.4 is 15.4 Å². The zero-order valence-corrected chi connectivity index (χ0v) is 18.0. The average molecular weight is 415 g/mol. The van der Waals surface area contributed by atoms with Crippen LogP contribution in [0.15, 0.2) is 23.2 Å². The number of nitrogens with one attached hydrogen (secondary N) is 2. The SMILES string of the molecule is CCC(C)(C)NC(=N[C@@H]1c2cc(C#N)ccc2OC(COC)(COC)[C@H]1O)NC#N. The Morgan fingerprint density at radius 2 is 1.97 bits per heavy atom. The van der Waals surface area contributed by atoms with Crippen molar-refractivity contribution < 1.29 is 19.3 Å². The van der Waals surface area contributed by atoms with Crippen LogP contribution in [0.25, 0.3) is 0 Å². The van der Waals surface area contributed by atoms with Crippen LogP contribution in [0.3, 0.4) is 0 Å². The van der Waals surface area contributed by atoms with Crippen molar-refractivity contribution in [1.29, 1.82) is 10.5 Å². The third kappa shape index (κ3) is 5.00. The smallest absolute Gasteiger partial charge is 0.205 e. The van der Waals surface area contributed by atoms with Gasteiger partial charge >= 0.3 is 0 Å². The van der Waals surface area contributed by atoms with Crippen molar-refractivity contribution in [2.45, 2.75) is 50.5 Å². The zero-order chi connectivity index (χ0) is 22.4. The largest absolute Gasteiger partial charge is 0.479 e. The van der Waals surface area contributed by atoms with Crippen molar-refractivity contribution in [2.75, 3.05) is 27.4 Å². The number of aliphatic hydroxyl groups is 1. The molecule has 2 rings (SSSR count). The van der Waals surface area contributed by atoms with Crippen LogP contribution >= 0.6 is 0 Å². The lowest BCUT2D eigenvalue weighted by atomic mass is 9.84. The highest BCUT2D eigenvalue weighted by Gasteiger charge is 2.50. The molecule has 1 aliphatic rings. The molecule has 0 radical (unpaired) electrons. The van der Waals surface area contributed by atoms with E-state index in [0.717, 1.165) is 6.42 Å². The second-order valence-electron chi connectivity index (χ2n) is 7.86. The number of hydrogen-bond acceptors (Lipinski definition) is 7. The molecule has 0 unspecified atom stereocenters. The van der Waals surface area contributed by atoms with Crippen molar-refractivity contribution in [1.82, 2.24) is 10.6 Å². The second-order valence-corrected chi connectivity index (χ2v) is 7.86. The molecule has 0 saturated heterocycles. The first-order valence-corrected chi connectivity index (χ1v) is 9.66. The summed E-state index contributed by atoms with van der Waals surface area (Å²) in [6.45, 7) is 6.08. The second kappa shape index (κ2) is 9.77. The van der Waals surface area contributed by atoms with Crippen LogP contribution in [-0.2, 0) is 9.47 Å². The summed E-state index contributed by atoms with van der Waals surface area (Å²) >= 11 is 0. The number of benzene rings is 1. The Hall–Kier alpha value is -2.85. The molecule has 2 atom stereocenters. The van der Waals surface area contributed by atoms with Crippen LogP contribution in [0, 0.1) is 22.8 Å². The van der Waals surface area contributed by atoms with Gasteiger partial charge < -0.3 is 24.6 Å². The van der Waals surface area contributed by atoms with Gasteiger partial charge in [-0.05, 0) is 38.5 Å². The van der Waals surface area contributed by atoms with Gasteiger partial charge in [0.2, 0.25) is 5.96 Å². The molecule has 0 amide bonds. The number of methoxy groups -OCH3 is 2. The Morgan fingerprint density at radius 3 is 2.50 bits per heavy atom. The molecule has 162 valence electrons. The van der Waals surface area contributed by atoms with E-state index >= 15 is 0 Å². The first-order chi connectivity index (χ1) is 14.3. The van der Waals surface area contributed by atoms with Gasteiger partial charge in [0, 0.05) is 25.3 Å². The molecule has 30 heavy (non-hydrogen) atoms. The summed E-state index contributed by atoms with van der Waals surface area (Å²) in [6.07, 6.45) is 1.49. The van der Waals surface area contributed by atoms with E-state index in [1.807, 2.05) is 27.0 Å². The van der Waals surface area contributed by atoms with E-state index in [9.17, 15) is 15.6 Å². The van der Waals surface area contributed by atoms with E-state index in [0.29, 0.717) is 16.9 Å². The Morgan fingerprint density at radius 1 is 1.30 bits per heavy atom. The summed E-state index contributed by atoms with van der Waals surface area (Å²) in [6, 6.07) is 6.19. The van der Waals surface area contributed by atoms with E-state index in [1.165, 1.54) is 14.2 Å². The fourth-order valence-corrected chi connectivity index (χ4v) is 3.28. The van der Waals surface area contributed by atoms with Crippen LogP contribution in [0.4, 0.5) is 0 Å². The van der Waals surface area contributed by atoms with Gasteiger partial charge in [-0.25, -0.2) is 4.99 Å². The van der Waals surface area contributed by atoms with E-state index in [4.69, 9.17) is 14.2 Å². The molecule has 0 aliphatic carbocycles. The van der Waals surface area contributed by atoms with E-state index in [1.54, 1.807) is 18.2 Å². The van der Waals surface area contributed by atoms with E-state index in [-0.39, 0.29) is 24.7 Å². The Bertz CT molecular complexity index is 850. The van der Waals surface area contributed by atoms with Crippen LogP contribution in [-0.4, -0.2) is 55.7 Å². The average Bonchev–Trinajstić information content (AvgIpc) is 2.71.